The first-order valence-corrected chi connectivity index (χ1v) is 6.95. The number of carboxylic acids is 1. The topological polar surface area (TPSA) is 65.7 Å². The molecule has 3 rings (SSSR count). The molecule has 1 aromatic heterocycles. The Bertz CT molecular complexity index is 483. The summed E-state index contributed by atoms with van der Waals surface area (Å²) in [5, 5.41) is 12.5. The molecule has 0 amide bonds. The number of aryl methyl sites for hydroxylation is 1. The highest BCUT2D eigenvalue weighted by atomic mass is 16.4. The smallest absolute Gasteiger partial charge is 0.339 e. The Labute approximate surface area is 112 Å². The molecule has 2 N–H and O–H groups in total. The van der Waals surface area contributed by atoms with Crippen LogP contribution in [0.25, 0.3) is 0 Å². The van der Waals surface area contributed by atoms with E-state index < -0.39 is 5.97 Å². The van der Waals surface area contributed by atoms with Crippen molar-refractivity contribution in [3.05, 3.63) is 23.2 Å². The fraction of sp³-hybridized carbons (Fsp3) is 0.643. The van der Waals surface area contributed by atoms with Gasteiger partial charge in [-0.3, -0.25) is 4.90 Å². The number of nitrogens with one attached hydrogen (secondary N) is 1. The second kappa shape index (κ2) is 4.98. The summed E-state index contributed by atoms with van der Waals surface area (Å²) in [4.78, 5) is 13.5. The van der Waals surface area contributed by atoms with Crippen molar-refractivity contribution in [3.63, 3.8) is 0 Å². The summed E-state index contributed by atoms with van der Waals surface area (Å²) in [6.45, 7) is 4.72. The number of aromatic carboxylic acids is 1. The maximum Gasteiger partial charge on any atom is 0.339 e. The molecule has 0 aromatic carbocycles. The maximum atomic E-state index is 11.0. The molecule has 2 aliphatic rings. The zero-order chi connectivity index (χ0) is 13.4. The van der Waals surface area contributed by atoms with Crippen LogP contribution in [-0.2, 0) is 6.54 Å². The summed E-state index contributed by atoms with van der Waals surface area (Å²) >= 11 is 0. The lowest BCUT2D eigenvalue weighted by atomic mass is 10.1. The van der Waals surface area contributed by atoms with Crippen LogP contribution in [0.3, 0.4) is 0 Å². The second-order valence-electron chi connectivity index (χ2n) is 5.51. The van der Waals surface area contributed by atoms with E-state index in [2.05, 4.69) is 10.2 Å². The van der Waals surface area contributed by atoms with E-state index in [1.807, 2.05) is 0 Å². The van der Waals surface area contributed by atoms with E-state index in [9.17, 15) is 4.79 Å². The Morgan fingerprint density at radius 3 is 3.11 bits per heavy atom. The van der Waals surface area contributed by atoms with Gasteiger partial charge in [-0.05, 0) is 38.8 Å². The van der Waals surface area contributed by atoms with Crippen LogP contribution in [0.1, 0.15) is 41.1 Å². The Kier molecular flexibility index (Phi) is 3.33. The predicted molar refractivity (Wildman–Crippen MR) is 70.2 cm³/mol. The quantitative estimate of drug-likeness (QED) is 0.865. The molecular weight excluding hydrogens is 244 g/mol. The minimum absolute atomic E-state index is 0.269. The van der Waals surface area contributed by atoms with Gasteiger partial charge < -0.3 is 14.8 Å². The van der Waals surface area contributed by atoms with Gasteiger partial charge in [-0.2, -0.15) is 0 Å². The third-order valence-corrected chi connectivity index (χ3v) is 4.34. The average Bonchev–Trinajstić information content (AvgIpc) is 3.01. The second-order valence-corrected chi connectivity index (χ2v) is 5.51. The molecule has 0 bridgehead atoms. The van der Waals surface area contributed by atoms with Gasteiger partial charge >= 0.3 is 5.97 Å². The van der Waals surface area contributed by atoms with E-state index in [-0.39, 0.29) is 5.56 Å². The molecule has 2 fully saturated rings. The molecule has 5 heteroatoms. The van der Waals surface area contributed by atoms with Crippen LogP contribution >= 0.6 is 0 Å². The van der Waals surface area contributed by atoms with E-state index in [1.54, 1.807) is 13.0 Å². The SMILES string of the molecule is Cc1oc(CNC2CCN3CCCC23)cc1C(=O)O. The van der Waals surface area contributed by atoms with Gasteiger partial charge in [-0.15, -0.1) is 0 Å². The number of rotatable bonds is 4. The molecule has 5 nitrogen and oxygen atoms in total. The lowest BCUT2D eigenvalue weighted by Gasteiger charge is -2.20. The summed E-state index contributed by atoms with van der Waals surface area (Å²) < 4.78 is 5.49. The van der Waals surface area contributed by atoms with Gasteiger partial charge in [0.05, 0.1) is 6.54 Å². The van der Waals surface area contributed by atoms with Gasteiger partial charge in [0.1, 0.15) is 17.1 Å². The fourth-order valence-electron chi connectivity index (χ4n) is 3.40. The number of nitrogens with zero attached hydrogens (tertiary/aromatic N) is 1. The summed E-state index contributed by atoms with van der Waals surface area (Å²) in [5.74, 6) is 0.278. The minimum atomic E-state index is -0.921. The molecule has 2 atom stereocenters. The first-order valence-electron chi connectivity index (χ1n) is 6.95. The van der Waals surface area contributed by atoms with Gasteiger partial charge in [0.25, 0.3) is 0 Å². The molecule has 3 heterocycles. The van der Waals surface area contributed by atoms with E-state index >= 15 is 0 Å². The Morgan fingerprint density at radius 1 is 1.53 bits per heavy atom. The number of fused-ring (bicyclic) bond motifs is 1. The van der Waals surface area contributed by atoms with Crippen LogP contribution in [0, 0.1) is 6.92 Å². The van der Waals surface area contributed by atoms with E-state index in [0.29, 0.717) is 30.1 Å². The Balaban J connectivity index is 1.60. The van der Waals surface area contributed by atoms with Crippen molar-refractivity contribution in [1.29, 1.82) is 0 Å². The summed E-state index contributed by atoms with van der Waals surface area (Å²) in [7, 11) is 0. The standard InChI is InChI=1S/C14H20N2O3/c1-9-11(14(17)18)7-10(19-9)8-15-12-4-6-16-5-2-3-13(12)16/h7,12-13,15H,2-6,8H2,1H3,(H,17,18). The molecular formula is C14H20N2O3. The molecule has 1 aromatic rings. The van der Waals surface area contributed by atoms with Crippen molar-refractivity contribution in [2.45, 2.75) is 44.8 Å². The molecule has 0 spiro atoms. The monoisotopic (exact) mass is 264 g/mol. The third-order valence-electron chi connectivity index (χ3n) is 4.34. The Hall–Kier alpha value is -1.33. The van der Waals surface area contributed by atoms with Crippen LogP contribution in [0.2, 0.25) is 0 Å². The third kappa shape index (κ3) is 2.40. The zero-order valence-corrected chi connectivity index (χ0v) is 11.2. The van der Waals surface area contributed by atoms with Gasteiger partial charge in [0, 0.05) is 18.6 Å². The number of furan rings is 1. The van der Waals surface area contributed by atoms with Crippen molar-refractivity contribution in [2.24, 2.45) is 0 Å². The molecule has 2 saturated heterocycles. The lowest BCUT2D eigenvalue weighted by Crippen LogP contribution is -2.38. The zero-order valence-electron chi connectivity index (χ0n) is 11.2. The molecule has 2 unspecified atom stereocenters. The van der Waals surface area contributed by atoms with E-state index in [4.69, 9.17) is 9.52 Å². The van der Waals surface area contributed by atoms with E-state index in [0.717, 1.165) is 0 Å². The highest BCUT2D eigenvalue weighted by molar-refractivity contribution is 5.88. The predicted octanol–water partition coefficient (Wildman–Crippen LogP) is 1.61. The van der Waals surface area contributed by atoms with Crippen molar-refractivity contribution >= 4 is 5.97 Å². The van der Waals surface area contributed by atoms with Crippen LogP contribution in [0.15, 0.2) is 10.5 Å². The van der Waals surface area contributed by atoms with Crippen LogP contribution in [0.5, 0.6) is 0 Å². The highest BCUT2D eigenvalue weighted by Crippen LogP contribution is 2.28. The molecule has 0 radical (unpaired) electrons. The molecule has 104 valence electrons. The highest BCUT2D eigenvalue weighted by Gasteiger charge is 2.36. The first kappa shape index (κ1) is 12.7. The number of hydrogen-bond acceptors (Lipinski definition) is 4. The first-order chi connectivity index (χ1) is 9.15. The molecule has 0 saturated carbocycles. The van der Waals surface area contributed by atoms with Crippen LogP contribution in [-0.4, -0.2) is 41.1 Å². The van der Waals surface area contributed by atoms with Crippen molar-refractivity contribution in [2.75, 3.05) is 13.1 Å². The van der Waals surface area contributed by atoms with Gasteiger partial charge in [-0.25, -0.2) is 4.79 Å². The maximum absolute atomic E-state index is 11.0. The molecule has 0 aliphatic carbocycles. The fourth-order valence-corrected chi connectivity index (χ4v) is 3.40. The van der Waals surface area contributed by atoms with Gasteiger partial charge in [-0.1, -0.05) is 0 Å². The minimum Gasteiger partial charge on any atom is -0.478 e. The Morgan fingerprint density at radius 2 is 2.37 bits per heavy atom. The van der Waals surface area contributed by atoms with Crippen molar-refractivity contribution in [3.8, 4) is 0 Å². The molecule has 19 heavy (non-hydrogen) atoms. The number of carboxylic acid groups (broad SMARTS) is 1. The molecule has 2 aliphatic heterocycles. The summed E-state index contributed by atoms with van der Waals surface area (Å²) in [5.41, 5.74) is 0.269. The van der Waals surface area contributed by atoms with E-state index in [1.165, 1.54) is 32.4 Å². The lowest BCUT2D eigenvalue weighted by molar-refractivity contribution is 0.0695. The van der Waals surface area contributed by atoms with Gasteiger partial charge in [0.15, 0.2) is 0 Å². The average molecular weight is 264 g/mol. The van der Waals surface area contributed by atoms with Crippen molar-refractivity contribution < 1.29 is 14.3 Å². The van der Waals surface area contributed by atoms with Crippen LogP contribution in [0.4, 0.5) is 0 Å². The van der Waals surface area contributed by atoms with Crippen LogP contribution < -0.4 is 5.32 Å². The van der Waals surface area contributed by atoms with Gasteiger partial charge in [0.2, 0.25) is 0 Å². The normalized spacial score (nSPS) is 26.8. The van der Waals surface area contributed by atoms with Crippen molar-refractivity contribution in [1.82, 2.24) is 10.2 Å². The number of carbonyl (C=O) groups is 1. The largest absolute Gasteiger partial charge is 0.478 e. The number of hydrogen-bond donors (Lipinski definition) is 2. The summed E-state index contributed by atoms with van der Waals surface area (Å²) in [6.07, 6.45) is 3.75. The summed E-state index contributed by atoms with van der Waals surface area (Å²) in [6, 6.07) is 2.81.